The maximum absolute atomic E-state index is 12.9. The zero-order chi connectivity index (χ0) is 17.5. The number of allylic oxidation sites excluding steroid dienone is 1. The number of carbonyl (C=O) groups is 1. The second kappa shape index (κ2) is 6.21. The maximum atomic E-state index is 12.9. The number of benzene rings is 1. The van der Waals surface area contributed by atoms with Crippen molar-refractivity contribution in [1.82, 2.24) is 5.32 Å². The molecule has 24 heavy (non-hydrogen) atoms. The Morgan fingerprint density at radius 3 is 2.50 bits per heavy atom. The van der Waals surface area contributed by atoms with Gasteiger partial charge in [-0.3, -0.25) is 4.79 Å². The molecule has 1 aromatic carbocycles. The fourth-order valence-corrected chi connectivity index (χ4v) is 4.89. The van der Waals surface area contributed by atoms with Gasteiger partial charge in [-0.2, -0.15) is 0 Å². The molecule has 4 rings (SSSR count). The van der Waals surface area contributed by atoms with E-state index in [9.17, 15) is 4.79 Å². The summed E-state index contributed by atoms with van der Waals surface area (Å²) in [6.07, 6.45) is 5.54. The van der Waals surface area contributed by atoms with Crippen molar-refractivity contribution >= 4 is 27.5 Å². The molecule has 0 saturated heterocycles. The molecule has 2 N–H and O–H groups in total. The molecule has 1 amide bonds. The fraction of sp³-hybridized carbons (Fsp3) is 0.550. The zero-order valence-corrected chi connectivity index (χ0v) is 16.5. The highest BCUT2D eigenvalue weighted by Gasteiger charge is 2.44. The van der Waals surface area contributed by atoms with Gasteiger partial charge in [0.05, 0.1) is 6.04 Å². The lowest BCUT2D eigenvalue weighted by Gasteiger charge is -2.46. The third kappa shape index (κ3) is 3.53. The van der Waals surface area contributed by atoms with Crippen LogP contribution in [0.1, 0.15) is 45.6 Å². The first kappa shape index (κ1) is 17.5. The number of aryl methyl sites for hydroxylation is 1. The van der Waals surface area contributed by atoms with Crippen LogP contribution in [0.3, 0.4) is 0 Å². The summed E-state index contributed by atoms with van der Waals surface area (Å²) in [6, 6.07) is 8.29. The second-order valence-corrected chi connectivity index (χ2v) is 9.69. The third-order valence-electron chi connectivity index (χ3n) is 5.30. The Labute approximate surface area is 153 Å². The minimum atomic E-state index is -0.658. The van der Waals surface area contributed by atoms with E-state index >= 15 is 0 Å². The van der Waals surface area contributed by atoms with Crippen LogP contribution in [0.15, 0.2) is 35.9 Å². The van der Waals surface area contributed by atoms with E-state index in [4.69, 9.17) is 0 Å². The minimum absolute atomic E-state index is 0.0461. The van der Waals surface area contributed by atoms with Gasteiger partial charge in [0, 0.05) is 10.0 Å². The van der Waals surface area contributed by atoms with Crippen molar-refractivity contribution in [3.05, 3.63) is 41.5 Å². The number of hydrogen-bond donors (Lipinski definition) is 2. The molecule has 0 aliphatic heterocycles. The molecule has 1 fully saturated rings. The number of nitrogens with one attached hydrogen (secondary N) is 2. The number of halogens is 1. The lowest BCUT2D eigenvalue weighted by Crippen LogP contribution is -2.56. The van der Waals surface area contributed by atoms with Gasteiger partial charge in [-0.15, -0.1) is 0 Å². The van der Waals surface area contributed by atoms with Gasteiger partial charge in [0.2, 0.25) is 5.91 Å². The van der Waals surface area contributed by atoms with Crippen LogP contribution in [0, 0.1) is 12.8 Å². The summed E-state index contributed by atoms with van der Waals surface area (Å²) in [7, 11) is 0. The fourth-order valence-electron chi connectivity index (χ4n) is 3.92. The Bertz CT molecular complexity index is 665. The number of amides is 1. The van der Waals surface area contributed by atoms with E-state index in [-0.39, 0.29) is 16.3 Å². The summed E-state index contributed by atoms with van der Waals surface area (Å²) in [5, 5.41) is 6.63. The van der Waals surface area contributed by atoms with Crippen LogP contribution < -0.4 is 10.6 Å². The van der Waals surface area contributed by atoms with Crippen molar-refractivity contribution in [1.29, 1.82) is 0 Å². The predicted molar refractivity (Wildman–Crippen MR) is 104 cm³/mol. The quantitative estimate of drug-likeness (QED) is 0.584. The van der Waals surface area contributed by atoms with Gasteiger partial charge in [-0.25, -0.2) is 0 Å². The average Bonchev–Trinajstić information content (AvgIpc) is 2.48. The first-order valence-electron chi connectivity index (χ1n) is 8.73. The van der Waals surface area contributed by atoms with Gasteiger partial charge < -0.3 is 10.6 Å². The Morgan fingerprint density at radius 1 is 1.25 bits per heavy atom. The Hall–Kier alpha value is -1.29. The topological polar surface area (TPSA) is 41.1 Å². The monoisotopic (exact) mass is 390 g/mol. The molecule has 4 heteroatoms. The molecule has 0 radical (unpaired) electrons. The van der Waals surface area contributed by atoms with E-state index in [1.165, 1.54) is 11.1 Å². The van der Waals surface area contributed by atoms with Gasteiger partial charge in [-0.1, -0.05) is 46.6 Å². The number of carbonyl (C=O) groups excluding carboxylic acids is 1. The van der Waals surface area contributed by atoms with E-state index in [0.29, 0.717) is 5.92 Å². The molecule has 0 spiro atoms. The highest BCUT2D eigenvalue weighted by Crippen LogP contribution is 2.48. The summed E-state index contributed by atoms with van der Waals surface area (Å²) in [5.41, 5.74) is 2.92. The molecular formula is C20H27BrN2O. The molecule has 3 atom stereocenters. The van der Waals surface area contributed by atoms with Crippen LogP contribution in [0.2, 0.25) is 0 Å². The molecule has 2 bridgehead atoms. The molecule has 3 nitrogen and oxygen atoms in total. The molecule has 3 aliphatic rings. The van der Waals surface area contributed by atoms with Gasteiger partial charge in [0.1, 0.15) is 5.54 Å². The standard InChI is InChI=1S/C20H27BrN2O/c1-13-5-7-15(8-6-13)23-19(3,4)18(24)22-17-12-20(21)10-9-16(17)14(2)11-20/h5-9,14,17,23H,10-12H2,1-4H3,(H,22,24)/t14-,17?,20-/m1/s1. The second-order valence-electron chi connectivity index (χ2n) is 8.01. The average molecular weight is 391 g/mol. The number of fused-ring (bicyclic) bond motifs is 3. The largest absolute Gasteiger partial charge is 0.372 e. The van der Waals surface area contributed by atoms with E-state index in [1.807, 2.05) is 26.0 Å². The number of rotatable bonds is 4. The maximum Gasteiger partial charge on any atom is 0.245 e. The molecule has 3 aliphatic carbocycles. The molecule has 1 aromatic rings. The van der Waals surface area contributed by atoms with Crippen LogP contribution in [0.4, 0.5) is 5.69 Å². The molecule has 1 saturated carbocycles. The van der Waals surface area contributed by atoms with Crippen molar-refractivity contribution in [2.24, 2.45) is 5.92 Å². The first-order valence-corrected chi connectivity index (χ1v) is 9.52. The highest BCUT2D eigenvalue weighted by molar-refractivity contribution is 9.10. The van der Waals surface area contributed by atoms with E-state index < -0.39 is 5.54 Å². The molecule has 0 heterocycles. The molecule has 0 aromatic heterocycles. The summed E-state index contributed by atoms with van der Waals surface area (Å²) in [4.78, 5) is 12.9. The van der Waals surface area contributed by atoms with Crippen molar-refractivity contribution in [2.45, 2.75) is 62.9 Å². The van der Waals surface area contributed by atoms with Gasteiger partial charge in [0.15, 0.2) is 0 Å². The van der Waals surface area contributed by atoms with Gasteiger partial charge in [0.25, 0.3) is 0 Å². The van der Waals surface area contributed by atoms with E-state index in [1.54, 1.807) is 0 Å². The number of anilines is 1. The Balaban J connectivity index is 1.69. The lowest BCUT2D eigenvalue weighted by atomic mass is 9.69. The lowest BCUT2D eigenvalue weighted by molar-refractivity contribution is -0.125. The van der Waals surface area contributed by atoms with Crippen molar-refractivity contribution in [3.63, 3.8) is 0 Å². The SMILES string of the molecule is Cc1ccc(NC(C)(C)C(=O)NC2C[C@@]3(Br)CC=C2[C@H](C)C3)cc1. The zero-order valence-electron chi connectivity index (χ0n) is 14.9. The van der Waals surface area contributed by atoms with Gasteiger partial charge in [-0.05, 0) is 63.7 Å². The Morgan fingerprint density at radius 2 is 1.92 bits per heavy atom. The first-order chi connectivity index (χ1) is 11.2. The van der Waals surface area contributed by atoms with E-state index in [2.05, 4.69) is 58.6 Å². The van der Waals surface area contributed by atoms with Gasteiger partial charge >= 0.3 is 0 Å². The molecular weight excluding hydrogens is 364 g/mol. The smallest absolute Gasteiger partial charge is 0.245 e. The van der Waals surface area contributed by atoms with Crippen LogP contribution in [0.5, 0.6) is 0 Å². The predicted octanol–water partition coefficient (Wildman–Crippen LogP) is 4.56. The van der Waals surface area contributed by atoms with Crippen molar-refractivity contribution < 1.29 is 4.79 Å². The number of alkyl halides is 1. The highest BCUT2D eigenvalue weighted by atomic mass is 79.9. The van der Waals surface area contributed by atoms with E-state index in [0.717, 1.165) is 24.9 Å². The Kier molecular flexibility index (Phi) is 4.54. The summed E-state index contributed by atoms with van der Waals surface area (Å²) in [6.45, 7) is 8.19. The normalized spacial score (nSPS) is 29.1. The molecule has 130 valence electrons. The molecule has 1 unspecified atom stereocenters. The summed E-state index contributed by atoms with van der Waals surface area (Å²) >= 11 is 3.90. The number of hydrogen-bond acceptors (Lipinski definition) is 2. The van der Waals surface area contributed by atoms with Crippen LogP contribution in [0.25, 0.3) is 0 Å². The summed E-state index contributed by atoms with van der Waals surface area (Å²) in [5.74, 6) is 0.579. The van der Waals surface area contributed by atoms with Crippen LogP contribution in [-0.4, -0.2) is 21.8 Å². The third-order valence-corrected chi connectivity index (χ3v) is 6.27. The van der Waals surface area contributed by atoms with Crippen molar-refractivity contribution in [3.8, 4) is 0 Å². The van der Waals surface area contributed by atoms with Crippen molar-refractivity contribution in [2.75, 3.05) is 5.32 Å². The summed E-state index contributed by atoms with van der Waals surface area (Å²) < 4.78 is 0.153. The van der Waals surface area contributed by atoms with Crippen LogP contribution >= 0.6 is 15.9 Å². The minimum Gasteiger partial charge on any atom is -0.372 e. The van der Waals surface area contributed by atoms with Crippen LogP contribution in [-0.2, 0) is 4.79 Å².